The molecule has 0 amide bonds. The van der Waals surface area contributed by atoms with Crippen molar-refractivity contribution >= 4 is 5.82 Å². The zero-order valence-electron chi connectivity index (χ0n) is 12.6. The number of anilines is 1. The van der Waals surface area contributed by atoms with Crippen LogP contribution < -0.4 is 5.73 Å². The largest absolute Gasteiger partial charge is 0.384 e. The molecule has 1 aromatic heterocycles. The highest BCUT2D eigenvalue weighted by molar-refractivity contribution is 5.38. The van der Waals surface area contributed by atoms with E-state index in [0.717, 1.165) is 17.9 Å². The van der Waals surface area contributed by atoms with Crippen molar-refractivity contribution < 1.29 is 0 Å². The predicted molar refractivity (Wildman–Crippen MR) is 81.3 cm³/mol. The minimum Gasteiger partial charge on any atom is -0.384 e. The molecule has 1 aliphatic rings. The highest BCUT2D eigenvalue weighted by Gasteiger charge is 2.22. The van der Waals surface area contributed by atoms with Gasteiger partial charge in [-0.05, 0) is 25.7 Å². The molecule has 0 aliphatic heterocycles. The number of nitrogen functional groups attached to an aromatic ring is 1. The first-order valence-corrected chi connectivity index (χ1v) is 8.05. The van der Waals surface area contributed by atoms with Gasteiger partial charge in [0.2, 0.25) is 0 Å². The average Bonchev–Trinajstić information content (AvgIpc) is 2.73. The second-order valence-electron chi connectivity index (χ2n) is 6.01. The topological polar surface area (TPSA) is 43.8 Å². The maximum absolute atomic E-state index is 6.23. The summed E-state index contributed by atoms with van der Waals surface area (Å²) in [6.07, 6.45) is 12.8. The maximum atomic E-state index is 6.23. The fourth-order valence-corrected chi connectivity index (χ4v) is 3.22. The average molecular weight is 263 g/mol. The molecular formula is C16H29N3. The Morgan fingerprint density at radius 1 is 1.16 bits per heavy atom. The zero-order chi connectivity index (χ0) is 13.7. The number of aromatic nitrogens is 2. The molecule has 2 N–H and O–H groups in total. The van der Waals surface area contributed by atoms with Crippen LogP contribution in [0.2, 0.25) is 0 Å². The third-order valence-corrected chi connectivity index (χ3v) is 4.49. The van der Waals surface area contributed by atoms with Crippen molar-refractivity contribution in [3.63, 3.8) is 0 Å². The normalized spacial score (nSPS) is 16.9. The molecule has 108 valence electrons. The van der Waals surface area contributed by atoms with Crippen molar-refractivity contribution in [2.24, 2.45) is 7.05 Å². The van der Waals surface area contributed by atoms with Gasteiger partial charge in [0.05, 0.1) is 5.69 Å². The Morgan fingerprint density at radius 3 is 2.58 bits per heavy atom. The van der Waals surface area contributed by atoms with Crippen LogP contribution in [0.15, 0.2) is 0 Å². The van der Waals surface area contributed by atoms with E-state index in [4.69, 9.17) is 10.7 Å². The van der Waals surface area contributed by atoms with Gasteiger partial charge < -0.3 is 10.3 Å². The minimum absolute atomic E-state index is 0.644. The Hall–Kier alpha value is -0.990. The highest BCUT2D eigenvalue weighted by atomic mass is 15.1. The van der Waals surface area contributed by atoms with Gasteiger partial charge >= 0.3 is 0 Å². The second-order valence-corrected chi connectivity index (χ2v) is 6.01. The Bertz CT molecular complexity index is 389. The van der Waals surface area contributed by atoms with Gasteiger partial charge in [-0.1, -0.05) is 45.4 Å². The molecule has 1 saturated carbocycles. The predicted octanol–water partition coefficient (Wildman–Crippen LogP) is 4.17. The number of unbranched alkanes of at least 4 members (excludes halogenated alkanes) is 3. The molecule has 0 aromatic carbocycles. The third kappa shape index (κ3) is 3.52. The van der Waals surface area contributed by atoms with E-state index < -0.39 is 0 Å². The van der Waals surface area contributed by atoms with Gasteiger partial charge in [0.15, 0.2) is 0 Å². The van der Waals surface area contributed by atoms with Crippen LogP contribution in [0.4, 0.5) is 5.82 Å². The first-order chi connectivity index (χ1) is 9.24. The van der Waals surface area contributed by atoms with Crippen LogP contribution in [0.3, 0.4) is 0 Å². The molecule has 1 heterocycles. The van der Waals surface area contributed by atoms with Crippen LogP contribution in [0.25, 0.3) is 0 Å². The highest BCUT2D eigenvalue weighted by Crippen LogP contribution is 2.33. The molecule has 1 aliphatic carbocycles. The molecule has 0 atom stereocenters. The van der Waals surface area contributed by atoms with E-state index in [1.807, 2.05) is 0 Å². The van der Waals surface area contributed by atoms with Crippen LogP contribution in [0, 0.1) is 0 Å². The maximum Gasteiger partial charge on any atom is 0.126 e. The fraction of sp³-hybridized carbons (Fsp3) is 0.812. The summed E-state index contributed by atoms with van der Waals surface area (Å²) in [4.78, 5) is 4.87. The molecular weight excluding hydrogens is 234 g/mol. The zero-order valence-corrected chi connectivity index (χ0v) is 12.6. The van der Waals surface area contributed by atoms with Crippen LogP contribution in [0.5, 0.6) is 0 Å². The standard InChI is InChI=1S/C16H29N3/c1-3-4-5-9-12-14-15(17)19(2)16(18-14)13-10-7-6-8-11-13/h13H,3-12,17H2,1-2H3. The van der Waals surface area contributed by atoms with Gasteiger partial charge in [-0.15, -0.1) is 0 Å². The molecule has 1 fully saturated rings. The number of nitrogens with zero attached hydrogens (tertiary/aromatic N) is 2. The molecule has 2 rings (SSSR count). The lowest BCUT2D eigenvalue weighted by Gasteiger charge is -2.21. The smallest absolute Gasteiger partial charge is 0.126 e. The van der Waals surface area contributed by atoms with E-state index in [2.05, 4.69) is 18.5 Å². The summed E-state index contributed by atoms with van der Waals surface area (Å²) < 4.78 is 2.14. The number of hydrogen-bond donors (Lipinski definition) is 1. The van der Waals surface area contributed by atoms with E-state index in [1.54, 1.807) is 0 Å². The summed E-state index contributed by atoms with van der Waals surface area (Å²) >= 11 is 0. The Labute approximate surface area is 117 Å². The summed E-state index contributed by atoms with van der Waals surface area (Å²) in [6.45, 7) is 2.25. The number of hydrogen-bond acceptors (Lipinski definition) is 2. The van der Waals surface area contributed by atoms with Gasteiger partial charge in [-0.25, -0.2) is 4.98 Å². The van der Waals surface area contributed by atoms with Crippen LogP contribution in [0.1, 0.15) is 82.1 Å². The summed E-state index contributed by atoms with van der Waals surface area (Å²) in [5.41, 5.74) is 7.36. The van der Waals surface area contributed by atoms with E-state index in [0.29, 0.717) is 5.92 Å². The van der Waals surface area contributed by atoms with E-state index in [9.17, 15) is 0 Å². The molecule has 19 heavy (non-hydrogen) atoms. The van der Waals surface area contributed by atoms with Gasteiger partial charge in [-0.2, -0.15) is 0 Å². The molecule has 0 radical (unpaired) electrons. The van der Waals surface area contributed by atoms with Crippen molar-refractivity contribution in [3.05, 3.63) is 11.5 Å². The SMILES string of the molecule is CCCCCCc1nc(C2CCCCC2)n(C)c1N. The van der Waals surface area contributed by atoms with Crippen LogP contribution in [-0.2, 0) is 13.5 Å². The molecule has 0 unspecified atom stereocenters. The summed E-state index contributed by atoms with van der Waals surface area (Å²) in [5.74, 6) is 2.78. The number of rotatable bonds is 6. The quantitative estimate of drug-likeness (QED) is 0.783. The Balaban J connectivity index is 2.00. The van der Waals surface area contributed by atoms with E-state index in [-0.39, 0.29) is 0 Å². The van der Waals surface area contributed by atoms with Crippen molar-refractivity contribution in [1.82, 2.24) is 9.55 Å². The summed E-state index contributed by atoms with van der Waals surface area (Å²) in [6, 6.07) is 0. The Morgan fingerprint density at radius 2 is 1.89 bits per heavy atom. The summed E-state index contributed by atoms with van der Waals surface area (Å²) in [7, 11) is 2.09. The number of nitrogens with two attached hydrogens (primary N) is 1. The van der Waals surface area contributed by atoms with Gasteiger partial charge in [-0.3, -0.25) is 0 Å². The van der Waals surface area contributed by atoms with Crippen molar-refractivity contribution in [1.29, 1.82) is 0 Å². The minimum atomic E-state index is 0.644. The second kappa shape index (κ2) is 6.97. The van der Waals surface area contributed by atoms with E-state index in [1.165, 1.54) is 63.6 Å². The lowest BCUT2D eigenvalue weighted by molar-refractivity contribution is 0.421. The molecule has 0 saturated heterocycles. The first kappa shape index (κ1) is 14.4. The van der Waals surface area contributed by atoms with E-state index >= 15 is 0 Å². The fourth-order valence-electron chi connectivity index (χ4n) is 3.22. The van der Waals surface area contributed by atoms with Gasteiger partial charge in [0, 0.05) is 13.0 Å². The van der Waals surface area contributed by atoms with Gasteiger partial charge in [0.1, 0.15) is 11.6 Å². The van der Waals surface area contributed by atoms with Crippen molar-refractivity contribution in [3.8, 4) is 0 Å². The van der Waals surface area contributed by atoms with Crippen LogP contribution in [-0.4, -0.2) is 9.55 Å². The first-order valence-electron chi connectivity index (χ1n) is 8.05. The Kier molecular flexibility index (Phi) is 5.29. The molecule has 3 nitrogen and oxygen atoms in total. The molecule has 3 heteroatoms. The van der Waals surface area contributed by atoms with Gasteiger partial charge in [0.25, 0.3) is 0 Å². The number of imidazole rings is 1. The molecule has 1 aromatic rings. The third-order valence-electron chi connectivity index (χ3n) is 4.49. The van der Waals surface area contributed by atoms with Crippen LogP contribution >= 0.6 is 0 Å². The molecule has 0 spiro atoms. The number of aryl methyl sites for hydroxylation is 1. The lowest BCUT2D eigenvalue weighted by atomic mass is 9.89. The lowest BCUT2D eigenvalue weighted by Crippen LogP contribution is -2.11. The van der Waals surface area contributed by atoms with Crippen molar-refractivity contribution in [2.45, 2.75) is 77.0 Å². The van der Waals surface area contributed by atoms with Crippen molar-refractivity contribution in [2.75, 3.05) is 5.73 Å². The monoisotopic (exact) mass is 263 g/mol. The summed E-state index contributed by atoms with van der Waals surface area (Å²) in [5, 5.41) is 0. The molecule has 0 bridgehead atoms.